The normalized spacial score (nSPS) is 18.5. The molecule has 0 radical (unpaired) electrons. The number of nitrogens with two attached hydrogens (primary N) is 2. The second-order valence-electron chi connectivity index (χ2n) is 22.1. The van der Waals surface area contributed by atoms with Crippen molar-refractivity contribution < 1.29 is 38.7 Å². The summed E-state index contributed by atoms with van der Waals surface area (Å²) in [6, 6.07) is 18.9. The first-order valence-corrected chi connectivity index (χ1v) is 30.8. The summed E-state index contributed by atoms with van der Waals surface area (Å²) in [5.41, 5.74) is 17.7. The molecule has 5 fully saturated rings. The van der Waals surface area contributed by atoms with E-state index in [4.69, 9.17) is 42.5 Å². The number of fused-ring (bicyclic) bond motifs is 3. The molecular weight excluding hydrogens is 1270 g/mol. The van der Waals surface area contributed by atoms with Crippen LogP contribution in [0.2, 0.25) is 5.82 Å². The molecule has 4 aromatic heterocycles. The van der Waals surface area contributed by atoms with Gasteiger partial charge in [-0.2, -0.15) is 20.4 Å². The summed E-state index contributed by atoms with van der Waals surface area (Å²) in [5.74, 6) is 8.15. The van der Waals surface area contributed by atoms with Crippen LogP contribution < -0.4 is 22.1 Å². The van der Waals surface area contributed by atoms with Gasteiger partial charge in [0.1, 0.15) is 28.5 Å². The maximum absolute atomic E-state index is 12.5. The maximum atomic E-state index is 12.5. The molecule has 3 aliphatic heterocycles. The molecule has 89 heavy (non-hydrogen) atoms. The second kappa shape index (κ2) is 29.3. The first kappa shape index (κ1) is 65.1. The van der Waals surface area contributed by atoms with Gasteiger partial charge in [-0.15, -0.1) is 6.42 Å². The quantitative estimate of drug-likeness (QED) is 0.0336. The number of methoxy groups -OCH3 is 2. The second-order valence-corrected chi connectivity index (χ2v) is 23.8. The molecular formula is C63H72BBr2N15O8. The van der Waals surface area contributed by atoms with E-state index < -0.39 is 18.9 Å². The molecule has 0 unspecified atom stereocenters. The number of amides is 4. The van der Waals surface area contributed by atoms with E-state index in [0.717, 1.165) is 57.6 Å². The zero-order chi connectivity index (χ0) is 63.6. The van der Waals surface area contributed by atoms with Crippen LogP contribution in [-0.2, 0) is 25.6 Å². The molecule has 6 aliphatic rings. The molecule has 2 saturated heterocycles. The van der Waals surface area contributed by atoms with Crippen molar-refractivity contribution in [3.8, 4) is 24.2 Å². The number of benzene rings is 3. The van der Waals surface area contributed by atoms with Gasteiger partial charge in [0, 0.05) is 78.5 Å². The van der Waals surface area contributed by atoms with Gasteiger partial charge < -0.3 is 51.4 Å². The molecule has 3 aliphatic carbocycles. The number of aliphatic imine (C=N–C) groups is 1. The van der Waals surface area contributed by atoms with E-state index in [1.54, 1.807) is 47.5 Å². The molecule has 0 bridgehead atoms. The van der Waals surface area contributed by atoms with Gasteiger partial charge in [-0.25, -0.2) is 9.36 Å². The van der Waals surface area contributed by atoms with Crippen molar-refractivity contribution in [3.63, 3.8) is 0 Å². The standard InChI is InChI=1S/C26H29N7O3.C16H21N5O3.C10H9BrN2.C8H6BrN.C3H7BO2/c1-4-23(34)31-14-18(12-19(31)15-36-3)33-26(28-2)24(25(27)35)21(30-33)11-8-16-6-5-7-22-20(16)13-29-32(22)17-9-10-17;1-5-12-14(15(17)23)16(18-3)21(19-12)10-7-11(9-24-4)20(8-10)13(22)6-2;11-9-2-1-3-10-8(9)6-12-13(10)7-4-5-7;9-8-3-1-2-6-4-10-5-7(6)8;5-4(6)3-1-2-3/h4-7,13,17-19,28H,1,9-10,12,14-15H2,2-3H3,(H2,27,35);1,6,10-11,18H,2,7-9H2,3-4H3,(H2,17,23);1-3,6-7H,4-5H2;1-3,5H,4H2;3,5-6H,1-2H2/t18-,19+;10-,11+;;;/m00.../s1. The minimum atomic E-state index is -1.04. The van der Waals surface area contributed by atoms with Crippen LogP contribution in [0.3, 0.4) is 0 Å². The van der Waals surface area contributed by atoms with Gasteiger partial charge in [-0.1, -0.05) is 88.0 Å². The lowest BCUT2D eigenvalue weighted by Crippen LogP contribution is -2.37. The highest BCUT2D eigenvalue weighted by Crippen LogP contribution is 2.40. The summed E-state index contributed by atoms with van der Waals surface area (Å²) in [6.45, 7) is 9.59. The SMILES string of the molecule is Brc1cccc2c1C=NC2.Brc1cccc2c1cnn2C1CC1.C#Cc1nn([C@H]2C[C@H](COC)N(C(=O)C=C)C2)c(NC)c1C(N)=O.C=CC(=O)N1C[C@@H](n2nc(C#Cc3cccc4c3cnn4C3CC3)c(C(N)=O)c2NC)C[C@@H]1COC.OB(O)C1CC1. The highest BCUT2D eigenvalue weighted by molar-refractivity contribution is 9.11. The predicted octanol–water partition coefficient (Wildman–Crippen LogP) is 7.20. The average Bonchev–Trinajstić information content (AvgIpc) is 2.35. The molecule has 23 nitrogen and oxygen atoms in total. The topological polar surface area (TPSA) is 293 Å². The van der Waals surface area contributed by atoms with Crippen molar-refractivity contribution in [2.45, 2.75) is 100.0 Å². The molecule has 4 atom stereocenters. The fourth-order valence-corrected chi connectivity index (χ4v) is 12.2. The van der Waals surface area contributed by atoms with Crippen LogP contribution in [0.4, 0.5) is 11.6 Å². The van der Waals surface area contributed by atoms with Crippen LogP contribution >= 0.6 is 31.9 Å². The lowest BCUT2D eigenvalue weighted by molar-refractivity contribution is -0.128. The minimum Gasteiger partial charge on any atom is -0.427 e. The molecule has 0 spiro atoms. The fraction of sp³-hybridized carbons (Fsp3) is 0.381. The Kier molecular flexibility index (Phi) is 21.4. The van der Waals surface area contributed by atoms with Gasteiger partial charge in [-0.05, 0) is 104 Å². The van der Waals surface area contributed by atoms with Crippen molar-refractivity contribution in [1.29, 1.82) is 0 Å². The number of primary amides is 2. The Morgan fingerprint density at radius 3 is 1.65 bits per heavy atom. The number of carbonyl (C=O) groups excluding carboxylic acids is 4. The van der Waals surface area contributed by atoms with Crippen LogP contribution in [0, 0.1) is 24.2 Å². The fourth-order valence-electron chi connectivity index (χ4n) is 11.2. The van der Waals surface area contributed by atoms with Crippen LogP contribution in [0.1, 0.15) is 124 Å². The number of aromatic nitrogens is 8. The molecule has 8 N–H and O–H groups in total. The monoisotopic (exact) mass is 1340 g/mol. The number of ether oxygens (including phenoxy) is 2. The van der Waals surface area contributed by atoms with E-state index in [1.165, 1.54) is 47.0 Å². The number of rotatable bonds is 15. The molecule has 7 aromatic rings. The van der Waals surface area contributed by atoms with E-state index in [-0.39, 0.29) is 64.3 Å². The molecule has 464 valence electrons. The van der Waals surface area contributed by atoms with Crippen molar-refractivity contribution in [3.05, 3.63) is 140 Å². The lowest BCUT2D eigenvalue weighted by Gasteiger charge is -2.22. The number of hydrogen-bond donors (Lipinski definition) is 6. The molecule has 4 amide bonds. The average molecular weight is 1340 g/mol. The van der Waals surface area contributed by atoms with Crippen LogP contribution in [-0.4, -0.2) is 163 Å². The molecule has 26 heteroatoms. The third kappa shape index (κ3) is 14.9. The largest absolute Gasteiger partial charge is 0.454 e. The zero-order valence-corrected chi connectivity index (χ0v) is 53.2. The zero-order valence-electron chi connectivity index (χ0n) is 50.1. The van der Waals surface area contributed by atoms with Crippen LogP contribution in [0.15, 0.2) is 106 Å². The van der Waals surface area contributed by atoms with Crippen molar-refractivity contribution in [1.82, 2.24) is 48.9 Å². The number of nitrogens with one attached hydrogen (secondary N) is 2. The van der Waals surface area contributed by atoms with E-state index in [0.29, 0.717) is 62.9 Å². The van der Waals surface area contributed by atoms with E-state index in [9.17, 15) is 19.2 Å². The number of likely N-dealkylation sites (tertiary alicyclic amines) is 2. The number of halogens is 2. The van der Waals surface area contributed by atoms with Gasteiger partial charge in [-0.3, -0.25) is 33.5 Å². The predicted molar refractivity (Wildman–Crippen MR) is 349 cm³/mol. The van der Waals surface area contributed by atoms with Gasteiger partial charge in [0.2, 0.25) is 11.8 Å². The molecule has 3 saturated carbocycles. The number of nitrogens with zero attached hydrogens (tertiary/aromatic N) is 11. The Hall–Kier alpha value is -8.37. The molecule has 7 heterocycles. The molecule has 13 rings (SSSR count). The van der Waals surface area contributed by atoms with Crippen molar-refractivity contribution in [2.24, 2.45) is 16.5 Å². The van der Waals surface area contributed by atoms with Crippen molar-refractivity contribution in [2.75, 3.05) is 65.3 Å². The highest BCUT2D eigenvalue weighted by Gasteiger charge is 2.40. The van der Waals surface area contributed by atoms with Crippen LogP contribution in [0.25, 0.3) is 21.8 Å². The Morgan fingerprint density at radius 1 is 0.697 bits per heavy atom. The summed E-state index contributed by atoms with van der Waals surface area (Å²) in [4.78, 5) is 56.2. The van der Waals surface area contributed by atoms with Crippen molar-refractivity contribution >= 4 is 102 Å². The first-order chi connectivity index (χ1) is 43.0. The summed E-state index contributed by atoms with van der Waals surface area (Å²) in [7, 11) is 5.51. The van der Waals surface area contributed by atoms with Gasteiger partial charge in [0.25, 0.3) is 11.8 Å². The highest BCUT2D eigenvalue weighted by atomic mass is 79.9. The minimum absolute atomic E-state index is 0.106. The maximum Gasteiger partial charge on any atom is 0.454 e. The summed E-state index contributed by atoms with van der Waals surface area (Å²) >= 11 is 6.98. The Morgan fingerprint density at radius 2 is 1.19 bits per heavy atom. The summed E-state index contributed by atoms with van der Waals surface area (Å²) < 4.78 is 20.3. The third-order valence-corrected chi connectivity index (χ3v) is 17.4. The third-order valence-electron chi connectivity index (χ3n) is 16.0. The van der Waals surface area contributed by atoms with E-state index in [2.05, 4.69) is 127 Å². The summed E-state index contributed by atoms with van der Waals surface area (Å²) in [5, 5.41) is 42.6. The Bertz CT molecular complexity index is 3920. The van der Waals surface area contributed by atoms with Gasteiger partial charge in [0.05, 0.1) is 79.4 Å². The lowest BCUT2D eigenvalue weighted by atomic mass is 9.84. The van der Waals surface area contributed by atoms with Gasteiger partial charge >= 0.3 is 7.12 Å². The van der Waals surface area contributed by atoms with E-state index in [1.807, 2.05) is 48.9 Å². The first-order valence-electron chi connectivity index (χ1n) is 29.2. The Labute approximate surface area is 533 Å². The number of carbonyl (C=O) groups is 4. The van der Waals surface area contributed by atoms with Gasteiger partial charge in [0.15, 0.2) is 5.69 Å². The number of terminal acetylenes is 1. The number of anilines is 2. The number of hydrogen-bond acceptors (Lipinski definition) is 15. The van der Waals surface area contributed by atoms with E-state index >= 15 is 0 Å². The smallest absolute Gasteiger partial charge is 0.427 e. The molecule has 3 aromatic carbocycles. The summed E-state index contributed by atoms with van der Waals surface area (Å²) in [6.07, 6.45) is 21.8. The van der Waals surface area contributed by atoms with Crippen LogP contribution in [0.5, 0.6) is 0 Å². The Balaban J connectivity index is 0.000000150.